The summed E-state index contributed by atoms with van der Waals surface area (Å²) >= 11 is 5.78. The van der Waals surface area contributed by atoms with Crippen LogP contribution >= 0.6 is 11.6 Å². The first-order valence-electron chi connectivity index (χ1n) is 8.33. The van der Waals surface area contributed by atoms with E-state index in [0.29, 0.717) is 10.8 Å². The summed E-state index contributed by atoms with van der Waals surface area (Å²) in [5, 5.41) is 0.590. The Labute approximate surface area is 157 Å². The number of rotatable bonds is 5. The first-order chi connectivity index (χ1) is 12.5. The molecule has 0 fully saturated rings. The molecular weight excluding hydrogens is 354 g/mol. The summed E-state index contributed by atoms with van der Waals surface area (Å²) in [7, 11) is 0. The van der Waals surface area contributed by atoms with Crippen molar-refractivity contribution >= 4 is 29.1 Å². The van der Waals surface area contributed by atoms with Gasteiger partial charge in [-0.15, -0.1) is 0 Å². The van der Waals surface area contributed by atoms with Gasteiger partial charge in [0.1, 0.15) is 5.75 Å². The van der Waals surface area contributed by atoms with Gasteiger partial charge in [-0.3, -0.25) is 20.4 Å². The molecule has 2 N–H and O–H groups in total. The highest BCUT2D eigenvalue weighted by Gasteiger charge is 2.27. The summed E-state index contributed by atoms with van der Waals surface area (Å²) in [5.41, 5.74) is 7.08. The minimum Gasteiger partial charge on any atom is -0.484 e. The third kappa shape index (κ3) is 4.46. The van der Waals surface area contributed by atoms with E-state index in [1.54, 1.807) is 24.3 Å². The van der Waals surface area contributed by atoms with Crippen molar-refractivity contribution in [2.45, 2.75) is 19.4 Å². The summed E-state index contributed by atoms with van der Waals surface area (Å²) in [6, 6.07) is 14.9. The van der Waals surface area contributed by atoms with E-state index >= 15 is 0 Å². The molecule has 0 saturated heterocycles. The van der Waals surface area contributed by atoms with Crippen LogP contribution in [-0.2, 0) is 16.0 Å². The lowest BCUT2D eigenvalue weighted by molar-refractivity contribution is -0.129. The number of anilines is 1. The normalized spacial score (nSPS) is 15.3. The van der Waals surface area contributed by atoms with Gasteiger partial charge in [0.05, 0.1) is 6.54 Å². The van der Waals surface area contributed by atoms with Gasteiger partial charge in [0.25, 0.3) is 11.8 Å². The summed E-state index contributed by atoms with van der Waals surface area (Å²) in [5.74, 6) is -0.199. The molecule has 0 unspecified atom stereocenters. The predicted octanol–water partition coefficient (Wildman–Crippen LogP) is 2.32. The lowest BCUT2D eigenvalue weighted by Crippen LogP contribution is -2.48. The molecule has 0 bridgehead atoms. The SMILES string of the molecule is C[C@H]1Cc2ccccc2N1CC(=O)NNC(=O)COc1ccc(Cl)cc1. The second-order valence-electron chi connectivity index (χ2n) is 6.15. The molecule has 3 rings (SSSR count). The molecule has 1 aliphatic heterocycles. The molecule has 0 spiro atoms. The fraction of sp³-hybridized carbons (Fsp3) is 0.263. The number of benzene rings is 2. The summed E-state index contributed by atoms with van der Waals surface area (Å²) in [6.45, 7) is 2.05. The van der Waals surface area contributed by atoms with Crippen molar-refractivity contribution in [3.05, 3.63) is 59.1 Å². The largest absolute Gasteiger partial charge is 0.484 e. The van der Waals surface area contributed by atoms with Crippen LogP contribution < -0.4 is 20.5 Å². The topological polar surface area (TPSA) is 70.7 Å². The molecule has 0 aliphatic carbocycles. The van der Waals surface area contributed by atoms with E-state index in [4.69, 9.17) is 16.3 Å². The molecule has 2 aromatic carbocycles. The number of ether oxygens (including phenoxy) is 1. The van der Waals surface area contributed by atoms with Gasteiger partial charge in [0.2, 0.25) is 0 Å². The molecule has 2 aromatic rings. The van der Waals surface area contributed by atoms with Crippen molar-refractivity contribution < 1.29 is 14.3 Å². The van der Waals surface area contributed by atoms with Crippen molar-refractivity contribution in [1.82, 2.24) is 10.9 Å². The standard InChI is InChI=1S/C19H20ClN3O3/c1-13-10-14-4-2-3-5-17(14)23(13)11-18(24)21-22-19(25)12-26-16-8-6-15(20)7-9-16/h2-9,13H,10-12H2,1H3,(H,21,24)(H,22,25)/t13-/m0/s1. The van der Waals surface area contributed by atoms with Crippen molar-refractivity contribution in [2.24, 2.45) is 0 Å². The maximum atomic E-state index is 12.1. The Morgan fingerprint density at radius 1 is 1.12 bits per heavy atom. The van der Waals surface area contributed by atoms with Gasteiger partial charge in [-0.2, -0.15) is 0 Å². The van der Waals surface area contributed by atoms with Crippen LogP contribution in [0.3, 0.4) is 0 Å². The Morgan fingerprint density at radius 2 is 1.81 bits per heavy atom. The zero-order valence-electron chi connectivity index (χ0n) is 14.4. The lowest BCUT2D eigenvalue weighted by atomic mass is 10.1. The van der Waals surface area contributed by atoms with Gasteiger partial charge in [-0.05, 0) is 49.2 Å². The summed E-state index contributed by atoms with van der Waals surface area (Å²) < 4.78 is 5.32. The number of fused-ring (bicyclic) bond motifs is 1. The van der Waals surface area contributed by atoms with E-state index in [1.165, 1.54) is 5.56 Å². The lowest BCUT2D eigenvalue weighted by Gasteiger charge is -2.24. The van der Waals surface area contributed by atoms with E-state index in [2.05, 4.69) is 23.8 Å². The fourth-order valence-electron chi connectivity index (χ4n) is 2.92. The van der Waals surface area contributed by atoms with Gasteiger partial charge in [-0.25, -0.2) is 0 Å². The second-order valence-corrected chi connectivity index (χ2v) is 6.59. The molecular formula is C19H20ClN3O3. The number of carbonyl (C=O) groups is 2. The van der Waals surface area contributed by atoms with Crippen molar-refractivity contribution in [2.75, 3.05) is 18.1 Å². The number of nitrogens with zero attached hydrogens (tertiary/aromatic N) is 1. The number of nitrogens with one attached hydrogen (secondary N) is 2. The third-order valence-corrected chi connectivity index (χ3v) is 4.44. The molecule has 2 amide bonds. The summed E-state index contributed by atoms with van der Waals surface area (Å²) in [6.07, 6.45) is 0.907. The first-order valence-corrected chi connectivity index (χ1v) is 8.71. The Hall–Kier alpha value is -2.73. The average molecular weight is 374 g/mol. The molecule has 26 heavy (non-hydrogen) atoms. The Bertz CT molecular complexity index is 795. The average Bonchev–Trinajstić information content (AvgIpc) is 2.95. The van der Waals surface area contributed by atoms with Crippen molar-refractivity contribution in [3.8, 4) is 5.75 Å². The van der Waals surface area contributed by atoms with Crippen LogP contribution in [0.25, 0.3) is 0 Å². The smallest absolute Gasteiger partial charge is 0.276 e. The highest BCUT2D eigenvalue weighted by Crippen LogP contribution is 2.31. The van der Waals surface area contributed by atoms with E-state index in [0.717, 1.165) is 12.1 Å². The molecule has 1 heterocycles. The highest BCUT2D eigenvalue weighted by atomic mass is 35.5. The van der Waals surface area contributed by atoms with Gasteiger partial charge < -0.3 is 9.64 Å². The maximum Gasteiger partial charge on any atom is 0.276 e. The molecule has 0 radical (unpaired) electrons. The third-order valence-electron chi connectivity index (χ3n) is 4.19. The molecule has 0 aromatic heterocycles. The predicted molar refractivity (Wildman–Crippen MR) is 100 cm³/mol. The fourth-order valence-corrected chi connectivity index (χ4v) is 3.05. The minimum absolute atomic E-state index is 0.177. The van der Waals surface area contributed by atoms with Crippen LogP contribution in [0, 0.1) is 0 Å². The number of hydrazine groups is 1. The molecule has 136 valence electrons. The Morgan fingerprint density at radius 3 is 2.58 bits per heavy atom. The van der Waals surface area contributed by atoms with Crippen LogP contribution in [-0.4, -0.2) is 31.0 Å². The van der Waals surface area contributed by atoms with Crippen LogP contribution in [0.5, 0.6) is 5.75 Å². The number of carbonyl (C=O) groups excluding carboxylic acids is 2. The molecule has 1 aliphatic rings. The molecule has 1 atom stereocenters. The van der Waals surface area contributed by atoms with Crippen LogP contribution in [0.1, 0.15) is 12.5 Å². The van der Waals surface area contributed by atoms with E-state index in [9.17, 15) is 9.59 Å². The molecule has 6 nitrogen and oxygen atoms in total. The molecule has 7 heteroatoms. The highest BCUT2D eigenvalue weighted by molar-refractivity contribution is 6.30. The monoisotopic (exact) mass is 373 g/mol. The van der Waals surface area contributed by atoms with Gasteiger partial charge >= 0.3 is 0 Å². The van der Waals surface area contributed by atoms with Gasteiger partial charge in [0, 0.05) is 16.8 Å². The van der Waals surface area contributed by atoms with E-state index in [-0.39, 0.29) is 25.1 Å². The first kappa shape index (κ1) is 18.1. The van der Waals surface area contributed by atoms with Crippen LogP contribution in [0.2, 0.25) is 5.02 Å². The maximum absolute atomic E-state index is 12.1. The van der Waals surface area contributed by atoms with Gasteiger partial charge in [0.15, 0.2) is 6.61 Å². The number of hydrogen-bond acceptors (Lipinski definition) is 4. The second kappa shape index (κ2) is 8.10. The van der Waals surface area contributed by atoms with E-state index in [1.807, 2.05) is 23.1 Å². The van der Waals surface area contributed by atoms with Gasteiger partial charge in [-0.1, -0.05) is 29.8 Å². The zero-order valence-corrected chi connectivity index (χ0v) is 15.1. The van der Waals surface area contributed by atoms with Crippen LogP contribution in [0.4, 0.5) is 5.69 Å². The Balaban J connectivity index is 1.44. The minimum atomic E-state index is -0.442. The number of amides is 2. The Kier molecular flexibility index (Phi) is 5.63. The number of hydrogen-bond donors (Lipinski definition) is 2. The van der Waals surface area contributed by atoms with Crippen molar-refractivity contribution in [1.29, 1.82) is 0 Å². The number of para-hydroxylation sites is 1. The quantitative estimate of drug-likeness (QED) is 0.789. The summed E-state index contributed by atoms with van der Waals surface area (Å²) in [4.78, 5) is 26.0. The number of halogens is 1. The van der Waals surface area contributed by atoms with Crippen molar-refractivity contribution in [3.63, 3.8) is 0 Å². The van der Waals surface area contributed by atoms with Crippen LogP contribution in [0.15, 0.2) is 48.5 Å². The zero-order chi connectivity index (χ0) is 18.5. The van der Waals surface area contributed by atoms with E-state index < -0.39 is 5.91 Å². The molecule has 0 saturated carbocycles.